The molecular weight excluding hydrogens is 271 g/mol. The van der Waals surface area contributed by atoms with E-state index in [4.69, 9.17) is 29.6 Å². The molecule has 98 valence electrons. The van der Waals surface area contributed by atoms with Crippen LogP contribution in [0.3, 0.4) is 0 Å². The highest BCUT2D eigenvalue weighted by molar-refractivity contribution is 7.80. The fourth-order valence-corrected chi connectivity index (χ4v) is 2.72. The second-order valence-corrected chi connectivity index (χ2v) is 5.54. The van der Waals surface area contributed by atoms with Crippen LogP contribution in [0.1, 0.15) is 18.4 Å². The maximum atomic E-state index is 13.3. The number of thiocarbonyl (C=S) groups is 1. The number of likely N-dealkylation sites (tertiary alicyclic amines) is 1. The second kappa shape index (κ2) is 5.95. The Bertz CT molecular complexity index is 453. The van der Waals surface area contributed by atoms with Crippen molar-refractivity contribution < 1.29 is 4.39 Å². The van der Waals surface area contributed by atoms with Crippen molar-refractivity contribution in [2.75, 3.05) is 13.1 Å². The third-order valence-electron chi connectivity index (χ3n) is 3.33. The Hall–Kier alpha value is -0.710. The first-order valence-electron chi connectivity index (χ1n) is 6.02. The Morgan fingerprint density at radius 3 is 3.06 bits per heavy atom. The number of benzene rings is 1. The second-order valence-electron chi connectivity index (χ2n) is 4.69. The average molecular weight is 287 g/mol. The minimum Gasteiger partial charge on any atom is -0.393 e. The van der Waals surface area contributed by atoms with Crippen molar-refractivity contribution >= 4 is 28.8 Å². The molecule has 0 amide bonds. The van der Waals surface area contributed by atoms with Gasteiger partial charge in [0.25, 0.3) is 0 Å². The van der Waals surface area contributed by atoms with Gasteiger partial charge in [-0.25, -0.2) is 4.39 Å². The normalized spacial score (nSPS) is 20.9. The Balaban J connectivity index is 2.05. The molecule has 2 nitrogen and oxygen atoms in total. The predicted octanol–water partition coefficient (Wildman–Crippen LogP) is 2.98. The monoisotopic (exact) mass is 286 g/mol. The van der Waals surface area contributed by atoms with Crippen LogP contribution in [0.2, 0.25) is 5.02 Å². The lowest BCUT2D eigenvalue weighted by Crippen LogP contribution is -2.40. The van der Waals surface area contributed by atoms with Gasteiger partial charge in [-0.05, 0) is 31.0 Å². The molecule has 1 aliphatic rings. The molecule has 0 saturated carbocycles. The smallest absolute Gasteiger partial charge is 0.142 e. The maximum absolute atomic E-state index is 13.3. The quantitative estimate of drug-likeness (QED) is 0.866. The van der Waals surface area contributed by atoms with Crippen LogP contribution in [0.15, 0.2) is 18.2 Å². The van der Waals surface area contributed by atoms with Gasteiger partial charge in [-0.3, -0.25) is 4.90 Å². The molecule has 1 unspecified atom stereocenters. The summed E-state index contributed by atoms with van der Waals surface area (Å²) in [6, 6.07) is 4.92. The van der Waals surface area contributed by atoms with E-state index in [0.717, 1.165) is 31.5 Å². The van der Waals surface area contributed by atoms with E-state index >= 15 is 0 Å². The summed E-state index contributed by atoms with van der Waals surface area (Å²) in [5.41, 5.74) is 6.52. The summed E-state index contributed by atoms with van der Waals surface area (Å²) in [6.07, 6.45) is 2.11. The van der Waals surface area contributed by atoms with Crippen LogP contribution in [0.25, 0.3) is 0 Å². The van der Waals surface area contributed by atoms with Crippen LogP contribution in [-0.2, 0) is 6.54 Å². The summed E-state index contributed by atoms with van der Waals surface area (Å²) < 4.78 is 13.3. The maximum Gasteiger partial charge on any atom is 0.142 e. The predicted molar refractivity (Wildman–Crippen MR) is 76.2 cm³/mol. The summed E-state index contributed by atoms with van der Waals surface area (Å²) in [4.78, 5) is 2.80. The van der Waals surface area contributed by atoms with E-state index in [1.165, 1.54) is 6.07 Å². The zero-order valence-corrected chi connectivity index (χ0v) is 11.6. The minimum absolute atomic E-state index is 0.218. The van der Waals surface area contributed by atoms with E-state index in [2.05, 4.69) is 4.90 Å². The molecule has 1 saturated heterocycles. The van der Waals surface area contributed by atoms with Crippen molar-refractivity contribution in [1.82, 2.24) is 4.90 Å². The molecule has 2 N–H and O–H groups in total. The molecular formula is C13H16ClFN2S. The standard InChI is InChI=1S/C13H16ClFN2S/c14-12-9(3-1-5-11(12)15)7-17-6-2-4-10(8-17)13(16)18/h1,3,5,10H,2,4,6-8H2,(H2,16,18). The molecule has 18 heavy (non-hydrogen) atoms. The Kier molecular flexibility index (Phi) is 4.54. The fourth-order valence-electron chi connectivity index (χ4n) is 2.34. The molecule has 0 bridgehead atoms. The van der Waals surface area contributed by atoms with E-state index in [-0.39, 0.29) is 16.8 Å². The van der Waals surface area contributed by atoms with Crippen LogP contribution in [0.4, 0.5) is 4.39 Å². The molecule has 1 aromatic carbocycles. The molecule has 0 radical (unpaired) electrons. The molecule has 1 aliphatic heterocycles. The van der Waals surface area contributed by atoms with Crippen molar-refractivity contribution in [3.05, 3.63) is 34.6 Å². The van der Waals surface area contributed by atoms with Crippen molar-refractivity contribution in [1.29, 1.82) is 0 Å². The number of halogens is 2. The molecule has 1 heterocycles. The molecule has 1 fully saturated rings. The Morgan fingerprint density at radius 2 is 2.33 bits per heavy atom. The number of hydrogen-bond donors (Lipinski definition) is 1. The highest BCUT2D eigenvalue weighted by Crippen LogP contribution is 2.24. The van der Waals surface area contributed by atoms with E-state index in [1.54, 1.807) is 6.07 Å². The van der Waals surface area contributed by atoms with E-state index in [9.17, 15) is 4.39 Å². The van der Waals surface area contributed by atoms with Crippen LogP contribution in [-0.4, -0.2) is 23.0 Å². The zero-order valence-electron chi connectivity index (χ0n) is 10.0. The van der Waals surface area contributed by atoms with Gasteiger partial charge in [0.05, 0.1) is 10.0 Å². The van der Waals surface area contributed by atoms with Gasteiger partial charge in [0.2, 0.25) is 0 Å². The molecule has 2 rings (SSSR count). The SMILES string of the molecule is NC(=S)C1CCCN(Cc2cccc(F)c2Cl)C1. The number of piperidine rings is 1. The number of nitrogens with two attached hydrogens (primary N) is 1. The van der Waals surface area contributed by atoms with Crippen LogP contribution >= 0.6 is 23.8 Å². The zero-order chi connectivity index (χ0) is 13.1. The van der Waals surface area contributed by atoms with E-state index < -0.39 is 0 Å². The molecule has 0 aliphatic carbocycles. The van der Waals surface area contributed by atoms with E-state index in [0.29, 0.717) is 11.5 Å². The van der Waals surface area contributed by atoms with Gasteiger partial charge in [-0.2, -0.15) is 0 Å². The molecule has 0 spiro atoms. The number of rotatable bonds is 3. The third-order valence-corrected chi connectivity index (χ3v) is 4.09. The van der Waals surface area contributed by atoms with Crippen LogP contribution < -0.4 is 5.73 Å². The van der Waals surface area contributed by atoms with Gasteiger partial charge in [-0.1, -0.05) is 36.0 Å². The lowest BCUT2D eigenvalue weighted by atomic mass is 9.97. The lowest BCUT2D eigenvalue weighted by Gasteiger charge is -2.32. The molecule has 0 aromatic heterocycles. The van der Waals surface area contributed by atoms with Crippen LogP contribution in [0, 0.1) is 11.7 Å². The first kappa shape index (κ1) is 13.7. The first-order chi connectivity index (χ1) is 8.58. The first-order valence-corrected chi connectivity index (χ1v) is 6.81. The molecule has 1 atom stereocenters. The molecule has 1 aromatic rings. The van der Waals surface area contributed by atoms with Gasteiger partial charge in [0, 0.05) is 19.0 Å². The van der Waals surface area contributed by atoms with Gasteiger partial charge < -0.3 is 5.73 Å². The summed E-state index contributed by atoms with van der Waals surface area (Å²) in [7, 11) is 0. The highest BCUT2D eigenvalue weighted by Gasteiger charge is 2.22. The summed E-state index contributed by atoms with van der Waals surface area (Å²) in [6.45, 7) is 2.46. The van der Waals surface area contributed by atoms with Crippen molar-refractivity contribution in [2.24, 2.45) is 11.7 Å². The number of hydrogen-bond acceptors (Lipinski definition) is 2. The Morgan fingerprint density at radius 1 is 1.56 bits per heavy atom. The van der Waals surface area contributed by atoms with Crippen LogP contribution in [0.5, 0.6) is 0 Å². The lowest BCUT2D eigenvalue weighted by molar-refractivity contribution is 0.197. The summed E-state index contributed by atoms with van der Waals surface area (Å²) >= 11 is 11.0. The molecule has 5 heteroatoms. The van der Waals surface area contributed by atoms with Crippen molar-refractivity contribution in [3.8, 4) is 0 Å². The minimum atomic E-state index is -0.364. The largest absolute Gasteiger partial charge is 0.393 e. The van der Waals surface area contributed by atoms with E-state index in [1.807, 2.05) is 6.07 Å². The van der Waals surface area contributed by atoms with Gasteiger partial charge in [0.1, 0.15) is 5.82 Å². The summed E-state index contributed by atoms with van der Waals surface area (Å²) in [5.74, 6) is -0.0989. The van der Waals surface area contributed by atoms with Gasteiger partial charge >= 0.3 is 0 Å². The number of nitrogens with zero attached hydrogens (tertiary/aromatic N) is 1. The highest BCUT2D eigenvalue weighted by atomic mass is 35.5. The van der Waals surface area contributed by atoms with Crippen molar-refractivity contribution in [2.45, 2.75) is 19.4 Å². The fraction of sp³-hybridized carbons (Fsp3) is 0.462. The average Bonchev–Trinajstić information content (AvgIpc) is 2.35. The summed E-state index contributed by atoms with van der Waals surface area (Å²) in [5, 5.41) is 0.218. The van der Waals surface area contributed by atoms with Gasteiger partial charge in [0.15, 0.2) is 0 Å². The van der Waals surface area contributed by atoms with Gasteiger partial charge in [-0.15, -0.1) is 0 Å². The third kappa shape index (κ3) is 3.19. The van der Waals surface area contributed by atoms with Crippen molar-refractivity contribution in [3.63, 3.8) is 0 Å². The topological polar surface area (TPSA) is 29.3 Å². The Labute approximate surface area is 117 Å².